The molecule has 1 aromatic carbocycles. The summed E-state index contributed by atoms with van der Waals surface area (Å²) in [6, 6.07) is 10.2. The number of methoxy groups -OCH3 is 1. The molecule has 1 fully saturated rings. The van der Waals surface area contributed by atoms with Crippen molar-refractivity contribution in [3.63, 3.8) is 0 Å². The topological polar surface area (TPSA) is 27.7 Å². The lowest BCUT2D eigenvalue weighted by Gasteiger charge is -2.43. The lowest BCUT2D eigenvalue weighted by atomic mass is 9.84. The fourth-order valence-electron chi connectivity index (χ4n) is 2.62. The van der Waals surface area contributed by atoms with Crippen LogP contribution in [0.15, 0.2) is 30.3 Å². The highest BCUT2D eigenvalue weighted by molar-refractivity contribution is 14.1. The van der Waals surface area contributed by atoms with Crippen LogP contribution in [0.4, 0.5) is 0 Å². The first-order valence-electron chi connectivity index (χ1n) is 7.07. The van der Waals surface area contributed by atoms with Gasteiger partial charge in [-0.15, -0.1) is 0 Å². The van der Waals surface area contributed by atoms with E-state index in [2.05, 4.69) is 48.6 Å². The molecule has 0 amide bonds. The first-order valence-corrected chi connectivity index (χ1v) is 8.59. The first-order chi connectivity index (χ1) is 9.67. The average molecular weight is 390 g/mol. The molecule has 1 aliphatic heterocycles. The third-order valence-electron chi connectivity index (χ3n) is 4.18. The molecule has 1 saturated heterocycles. The van der Waals surface area contributed by atoms with Crippen LogP contribution in [-0.2, 0) is 20.8 Å². The summed E-state index contributed by atoms with van der Waals surface area (Å²) < 4.78 is 18.6. The summed E-state index contributed by atoms with van der Waals surface area (Å²) in [5.41, 5.74) is 1.18. The molecule has 1 aliphatic rings. The number of rotatable bonds is 5. The Kier molecular flexibility index (Phi) is 6.26. The molecule has 20 heavy (non-hydrogen) atoms. The predicted molar refractivity (Wildman–Crippen MR) is 87.9 cm³/mol. The zero-order valence-corrected chi connectivity index (χ0v) is 14.4. The highest BCUT2D eigenvalue weighted by atomic mass is 127. The number of hydrogen-bond donors (Lipinski definition) is 0. The van der Waals surface area contributed by atoms with Gasteiger partial charge >= 0.3 is 0 Å². The fraction of sp³-hybridized carbons (Fsp3) is 0.625. The smallest absolute Gasteiger partial charge is 0.183 e. The standard InChI is InChI=1S/C16H23IO3/c1-11-12(2)15(16(18-3)20-14(11)9-17)19-10-13-7-5-4-6-8-13/h4-8,11-12,14-16H,9-10H2,1-3H3/t11-,12+,14?,15-,16+/m1/s1. The molecular formula is C16H23IO3. The van der Waals surface area contributed by atoms with E-state index in [0.717, 1.165) is 4.43 Å². The second kappa shape index (κ2) is 7.73. The summed E-state index contributed by atoms with van der Waals surface area (Å²) in [5, 5.41) is 0. The van der Waals surface area contributed by atoms with Crippen molar-refractivity contribution < 1.29 is 14.2 Å². The molecule has 0 spiro atoms. The van der Waals surface area contributed by atoms with Crippen molar-refractivity contribution in [2.45, 2.75) is 39.0 Å². The summed E-state index contributed by atoms with van der Waals surface area (Å²) in [5.74, 6) is 0.885. The van der Waals surface area contributed by atoms with Gasteiger partial charge in [0.25, 0.3) is 0 Å². The highest BCUT2D eigenvalue weighted by Gasteiger charge is 2.41. The highest BCUT2D eigenvalue weighted by Crippen LogP contribution is 2.34. The SMILES string of the molecule is CO[C@H]1OC(CI)[C@H](C)[C@H](C)[C@H]1OCc1ccccc1. The van der Waals surface area contributed by atoms with Crippen molar-refractivity contribution >= 4 is 22.6 Å². The molecule has 0 radical (unpaired) electrons. The van der Waals surface area contributed by atoms with E-state index in [4.69, 9.17) is 14.2 Å². The van der Waals surface area contributed by atoms with Gasteiger partial charge < -0.3 is 14.2 Å². The third-order valence-corrected chi connectivity index (χ3v) is 5.05. The van der Waals surface area contributed by atoms with Crippen molar-refractivity contribution in [3.05, 3.63) is 35.9 Å². The second-order valence-corrected chi connectivity index (χ2v) is 6.29. The molecule has 112 valence electrons. The Balaban J connectivity index is 2.01. The Morgan fingerprint density at radius 2 is 1.85 bits per heavy atom. The minimum Gasteiger partial charge on any atom is -0.368 e. The van der Waals surface area contributed by atoms with Crippen molar-refractivity contribution in [1.82, 2.24) is 0 Å². The summed E-state index contributed by atoms with van der Waals surface area (Å²) in [4.78, 5) is 0. The van der Waals surface area contributed by atoms with Crippen LogP contribution < -0.4 is 0 Å². The van der Waals surface area contributed by atoms with Crippen LogP contribution in [0.3, 0.4) is 0 Å². The minimum absolute atomic E-state index is 0.0191. The van der Waals surface area contributed by atoms with Crippen molar-refractivity contribution in [3.8, 4) is 0 Å². The van der Waals surface area contributed by atoms with Crippen LogP contribution in [0.25, 0.3) is 0 Å². The molecule has 0 aromatic heterocycles. The maximum absolute atomic E-state index is 6.10. The van der Waals surface area contributed by atoms with E-state index in [0.29, 0.717) is 18.4 Å². The summed E-state index contributed by atoms with van der Waals surface area (Å²) >= 11 is 2.37. The predicted octanol–water partition coefficient (Wildman–Crippen LogP) is 3.65. The molecule has 0 N–H and O–H groups in total. The quantitative estimate of drug-likeness (QED) is 0.568. The van der Waals surface area contributed by atoms with Gasteiger partial charge in [0.05, 0.1) is 12.7 Å². The fourth-order valence-corrected chi connectivity index (χ4v) is 3.63. The molecule has 5 atom stereocenters. The molecule has 0 aliphatic carbocycles. The van der Waals surface area contributed by atoms with Gasteiger partial charge in [-0.25, -0.2) is 0 Å². The Labute approximate surface area is 135 Å². The van der Waals surface area contributed by atoms with Crippen LogP contribution >= 0.6 is 22.6 Å². The Morgan fingerprint density at radius 3 is 2.45 bits per heavy atom. The van der Waals surface area contributed by atoms with E-state index in [1.54, 1.807) is 7.11 Å². The molecule has 0 saturated carbocycles. The van der Waals surface area contributed by atoms with Gasteiger partial charge in [0.15, 0.2) is 6.29 Å². The van der Waals surface area contributed by atoms with Crippen LogP contribution in [0, 0.1) is 11.8 Å². The van der Waals surface area contributed by atoms with Crippen molar-refractivity contribution in [2.75, 3.05) is 11.5 Å². The third kappa shape index (κ3) is 3.72. The van der Waals surface area contributed by atoms with Crippen LogP contribution in [0.2, 0.25) is 0 Å². The van der Waals surface area contributed by atoms with E-state index in [-0.39, 0.29) is 18.5 Å². The largest absolute Gasteiger partial charge is 0.368 e. The van der Waals surface area contributed by atoms with Gasteiger partial charge in [-0.3, -0.25) is 0 Å². The molecule has 3 nitrogen and oxygen atoms in total. The minimum atomic E-state index is -0.273. The Bertz CT molecular complexity index is 396. The van der Waals surface area contributed by atoms with Crippen LogP contribution in [0.1, 0.15) is 19.4 Å². The van der Waals surface area contributed by atoms with Gasteiger partial charge in [0.2, 0.25) is 0 Å². The maximum Gasteiger partial charge on any atom is 0.183 e. The average Bonchev–Trinajstić information content (AvgIpc) is 2.49. The Morgan fingerprint density at radius 1 is 1.15 bits per heavy atom. The number of ether oxygens (including phenoxy) is 3. The maximum atomic E-state index is 6.10. The van der Waals surface area contributed by atoms with Gasteiger partial charge in [-0.05, 0) is 17.4 Å². The number of hydrogen-bond acceptors (Lipinski definition) is 3. The lowest BCUT2D eigenvalue weighted by molar-refractivity contribution is -0.269. The van der Waals surface area contributed by atoms with Gasteiger partial charge in [-0.2, -0.15) is 0 Å². The van der Waals surface area contributed by atoms with Crippen molar-refractivity contribution in [2.24, 2.45) is 11.8 Å². The van der Waals surface area contributed by atoms with Crippen LogP contribution in [0.5, 0.6) is 0 Å². The number of halogens is 1. The van der Waals surface area contributed by atoms with Crippen LogP contribution in [-0.4, -0.2) is 30.0 Å². The van der Waals surface area contributed by atoms with E-state index >= 15 is 0 Å². The van der Waals surface area contributed by atoms with Gasteiger partial charge in [0, 0.05) is 11.5 Å². The van der Waals surface area contributed by atoms with E-state index in [1.165, 1.54) is 5.56 Å². The normalized spacial score (nSPS) is 34.1. The summed E-state index contributed by atoms with van der Waals surface area (Å²) in [7, 11) is 1.69. The molecule has 2 rings (SSSR count). The zero-order chi connectivity index (χ0) is 14.5. The number of alkyl halides is 1. The molecule has 4 heteroatoms. The lowest BCUT2D eigenvalue weighted by Crippen LogP contribution is -2.51. The second-order valence-electron chi connectivity index (χ2n) is 5.41. The monoisotopic (exact) mass is 390 g/mol. The number of benzene rings is 1. The molecular weight excluding hydrogens is 367 g/mol. The molecule has 1 aromatic rings. The van der Waals surface area contributed by atoms with Crippen molar-refractivity contribution in [1.29, 1.82) is 0 Å². The van der Waals surface area contributed by atoms with E-state index in [1.807, 2.05) is 18.2 Å². The van der Waals surface area contributed by atoms with Gasteiger partial charge in [0.1, 0.15) is 6.10 Å². The zero-order valence-electron chi connectivity index (χ0n) is 12.3. The molecule has 1 unspecified atom stereocenters. The molecule has 1 heterocycles. The van der Waals surface area contributed by atoms with E-state index in [9.17, 15) is 0 Å². The first kappa shape index (κ1) is 16.2. The Hall–Kier alpha value is -0.170. The molecule has 0 bridgehead atoms. The van der Waals surface area contributed by atoms with Gasteiger partial charge in [-0.1, -0.05) is 66.8 Å². The van der Waals surface area contributed by atoms with E-state index < -0.39 is 0 Å². The summed E-state index contributed by atoms with van der Waals surface area (Å²) in [6.45, 7) is 5.06. The summed E-state index contributed by atoms with van der Waals surface area (Å²) in [6.07, 6.45) is -0.0498.